The summed E-state index contributed by atoms with van der Waals surface area (Å²) < 4.78 is 1.67. The second-order valence-electron chi connectivity index (χ2n) is 6.15. The molecule has 0 bridgehead atoms. The Morgan fingerprint density at radius 1 is 1.52 bits per heavy atom. The predicted molar refractivity (Wildman–Crippen MR) is 95.3 cm³/mol. The van der Waals surface area contributed by atoms with Crippen molar-refractivity contribution < 1.29 is 4.79 Å². The molecule has 0 radical (unpaired) electrons. The fourth-order valence-corrected chi connectivity index (χ4v) is 3.21. The van der Waals surface area contributed by atoms with Crippen molar-refractivity contribution in [3.63, 3.8) is 0 Å². The number of carbonyl (C=O) groups excluding carboxylic acids is 1. The molecule has 0 aromatic carbocycles. The molecule has 1 fully saturated rings. The minimum Gasteiger partial charge on any atom is -0.374 e. The monoisotopic (exact) mass is 356 g/mol. The standard InChI is InChI=1S/C17H20N6OS/c1-10-14(9-23(3)22-10)15(20-11(2)17-19-6-7-25-17)13(8-18)16(24)21-12-4-5-12/h6-7,9,11-12,20H,4-5H2,1-3H3,(H,21,24)/b15-13-. The molecule has 130 valence electrons. The summed E-state index contributed by atoms with van der Waals surface area (Å²) in [7, 11) is 1.81. The summed E-state index contributed by atoms with van der Waals surface area (Å²) in [5.41, 5.74) is 2.07. The Morgan fingerprint density at radius 3 is 2.80 bits per heavy atom. The molecular weight excluding hydrogens is 336 g/mol. The number of aromatic nitrogens is 3. The zero-order valence-electron chi connectivity index (χ0n) is 14.4. The van der Waals surface area contributed by atoms with Gasteiger partial charge < -0.3 is 10.6 Å². The van der Waals surface area contributed by atoms with Crippen LogP contribution in [-0.4, -0.2) is 26.7 Å². The van der Waals surface area contributed by atoms with Crippen LogP contribution in [0, 0.1) is 18.3 Å². The fraction of sp³-hybridized carbons (Fsp3) is 0.412. The van der Waals surface area contributed by atoms with Crippen LogP contribution in [0.4, 0.5) is 0 Å². The molecule has 1 amide bonds. The van der Waals surface area contributed by atoms with Crippen LogP contribution < -0.4 is 10.6 Å². The van der Waals surface area contributed by atoms with Crippen LogP contribution in [0.3, 0.4) is 0 Å². The van der Waals surface area contributed by atoms with Crippen molar-refractivity contribution in [1.82, 2.24) is 25.4 Å². The van der Waals surface area contributed by atoms with E-state index in [0.29, 0.717) is 5.70 Å². The Bertz CT molecular complexity index is 841. The number of nitrogens with one attached hydrogen (secondary N) is 2. The van der Waals surface area contributed by atoms with Gasteiger partial charge in [-0.05, 0) is 26.7 Å². The fourth-order valence-electron chi connectivity index (χ4n) is 2.56. The van der Waals surface area contributed by atoms with E-state index in [0.717, 1.165) is 29.1 Å². The summed E-state index contributed by atoms with van der Waals surface area (Å²) in [5.74, 6) is -0.345. The first kappa shape index (κ1) is 17.2. The molecule has 0 spiro atoms. The van der Waals surface area contributed by atoms with Gasteiger partial charge in [0.15, 0.2) is 0 Å². The molecule has 0 saturated heterocycles. The van der Waals surface area contributed by atoms with Gasteiger partial charge in [-0.2, -0.15) is 10.4 Å². The van der Waals surface area contributed by atoms with E-state index in [-0.39, 0.29) is 23.6 Å². The van der Waals surface area contributed by atoms with E-state index >= 15 is 0 Å². The third kappa shape index (κ3) is 3.88. The van der Waals surface area contributed by atoms with Gasteiger partial charge in [-0.25, -0.2) is 4.98 Å². The van der Waals surface area contributed by atoms with Gasteiger partial charge in [0.1, 0.15) is 16.6 Å². The SMILES string of the molecule is Cc1nn(C)cc1/C(NC(C)c1nccs1)=C(\C#N)C(=O)NC1CC1. The highest BCUT2D eigenvalue weighted by molar-refractivity contribution is 7.09. The molecule has 1 aliphatic carbocycles. The molecule has 1 atom stereocenters. The van der Waals surface area contributed by atoms with Crippen molar-refractivity contribution in [2.45, 2.75) is 38.8 Å². The van der Waals surface area contributed by atoms with Crippen LogP contribution >= 0.6 is 11.3 Å². The third-order valence-electron chi connectivity index (χ3n) is 3.97. The largest absolute Gasteiger partial charge is 0.374 e. The summed E-state index contributed by atoms with van der Waals surface area (Å²) in [4.78, 5) is 16.9. The maximum Gasteiger partial charge on any atom is 0.264 e. The zero-order valence-corrected chi connectivity index (χ0v) is 15.2. The highest BCUT2D eigenvalue weighted by Crippen LogP contribution is 2.26. The maximum atomic E-state index is 12.6. The summed E-state index contributed by atoms with van der Waals surface area (Å²) >= 11 is 1.53. The van der Waals surface area contributed by atoms with Crippen molar-refractivity contribution in [2.24, 2.45) is 7.05 Å². The highest BCUT2D eigenvalue weighted by Gasteiger charge is 2.28. The number of hydrogen-bond acceptors (Lipinski definition) is 6. The molecule has 2 heterocycles. The van der Waals surface area contributed by atoms with E-state index < -0.39 is 0 Å². The number of thiazole rings is 1. The minimum atomic E-state index is -0.345. The lowest BCUT2D eigenvalue weighted by atomic mass is 10.1. The van der Waals surface area contributed by atoms with Crippen LogP contribution in [0.2, 0.25) is 0 Å². The lowest BCUT2D eigenvalue weighted by Crippen LogP contribution is -2.30. The zero-order chi connectivity index (χ0) is 18.0. The highest BCUT2D eigenvalue weighted by atomic mass is 32.1. The molecule has 1 saturated carbocycles. The van der Waals surface area contributed by atoms with Crippen LogP contribution in [0.25, 0.3) is 5.70 Å². The van der Waals surface area contributed by atoms with Crippen LogP contribution in [-0.2, 0) is 11.8 Å². The second-order valence-corrected chi connectivity index (χ2v) is 7.07. The number of hydrogen-bond donors (Lipinski definition) is 2. The minimum absolute atomic E-state index is 0.0754. The van der Waals surface area contributed by atoms with Gasteiger partial charge in [0.25, 0.3) is 5.91 Å². The summed E-state index contributed by atoms with van der Waals surface area (Å²) in [6, 6.07) is 2.12. The normalized spacial score (nSPS) is 15.9. The Balaban J connectivity index is 2.00. The molecule has 8 heteroatoms. The Kier molecular flexibility index (Phi) is 4.86. The first-order valence-electron chi connectivity index (χ1n) is 8.11. The molecule has 3 rings (SSSR count). The summed E-state index contributed by atoms with van der Waals surface area (Å²) in [6.45, 7) is 3.82. The third-order valence-corrected chi connectivity index (χ3v) is 4.93. The number of carbonyl (C=O) groups is 1. The lowest BCUT2D eigenvalue weighted by molar-refractivity contribution is -0.117. The molecule has 25 heavy (non-hydrogen) atoms. The van der Waals surface area contributed by atoms with Gasteiger partial charge >= 0.3 is 0 Å². The summed E-state index contributed by atoms with van der Waals surface area (Å²) in [5, 5.41) is 23.0. The second kappa shape index (κ2) is 7.07. The first-order chi connectivity index (χ1) is 12.0. The molecule has 2 aromatic heterocycles. The summed E-state index contributed by atoms with van der Waals surface area (Å²) in [6.07, 6.45) is 5.49. The van der Waals surface area contributed by atoms with Crippen molar-refractivity contribution >= 4 is 22.9 Å². The number of amides is 1. The Morgan fingerprint density at radius 2 is 2.28 bits per heavy atom. The quantitative estimate of drug-likeness (QED) is 0.610. The number of aryl methyl sites for hydroxylation is 2. The van der Waals surface area contributed by atoms with Crippen LogP contribution in [0.1, 0.15) is 42.1 Å². The van der Waals surface area contributed by atoms with Crippen molar-refractivity contribution in [1.29, 1.82) is 5.26 Å². The van der Waals surface area contributed by atoms with Gasteiger partial charge in [-0.1, -0.05) is 0 Å². The average Bonchev–Trinajstić information content (AvgIpc) is 3.09. The Labute approximate surface area is 150 Å². The molecule has 2 aromatic rings. The predicted octanol–water partition coefficient (Wildman–Crippen LogP) is 2.05. The van der Waals surface area contributed by atoms with Gasteiger partial charge in [0.2, 0.25) is 0 Å². The molecule has 1 unspecified atom stereocenters. The first-order valence-corrected chi connectivity index (χ1v) is 8.99. The van der Waals surface area contributed by atoms with Crippen LogP contribution in [0.15, 0.2) is 23.3 Å². The molecular formula is C17H20N6OS. The van der Waals surface area contributed by atoms with Crippen molar-refractivity contribution in [3.05, 3.63) is 39.6 Å². The van der Waals surface area contributed by atoms with Crippen molar-refractivity contribution in [2.75, 3.05) is 0 Å². The van der Waals surface area contributed by atoms with E-state index in [1.807, 2.05) is 32.5 Å². The molecule has 1 aliphatic rings. The average molecular weight is 356 g/mol. The van der Waals surface area contributed by atoms with Gasteiger partial charge in [0.05, 0.1) is 17.4 Å². The maximum absolute atomic E-state index is 12.6. The van der Waals surface area contributed by atoms with E-state index in [2.05, 4.69) is 26.8 Å². The number of rotatable bonds is 6. The number of nitriles is 1. The van der Waals surface area contributed by atoms with Gasteiger partial charge in [0, 0.05) is 36.4 Å². The van der Waals surface area contributed by atoms with E-state index in [1.165, 1.54) is 11.3 Å². The van der Waals surface area contributed by atoms with Crippen LogP contribution in [0.5, 0.6) is 0 Å². The van der Waals surface area contributed by atoms with Gasteiger partial charge in [-0.15, -0.1) is 11.3 Å². The topological polar surface area (TPSA) is 95.6 Å². The van der Waals surface area contributed by atoms with Crippen molar-refractivity contribution in [3.8, 4) is 6.07 Å². The molecule has 0 aliphatic heterocycles. The molecule has 7 nitrogen and oxygen atoms in total. The van der Waals surface area contributed by atoms with Gasteiger partial charge in [-0.3, -0.25) is 9.48 Å². The van der Waals surface area contributed by atoms with E-state index in [1.54, 1.807) is 10.9 Å². The van der Waals surface area contributed by atoms with E-state index in [4.69, 9.17) is 0 Å². The van der Waals surface area contributed by atoms with E-state index in [9.17, 15) is 10.1 Å². The lowest BCUT2D eigenvalue weighted by Gasteiger charge is -2.17. The Hall–Kier alpha value is -2.66. The smallest absolute Gasteiger partial charge is 0.264 e. The number of nitrogens with zero attached hydrogens (tertiary/aromatic N) is 4. The molecule has 2 N–H and O–H groups in total.